The first-order chi connectivity index (χ1) is 6.27. The van der Waals surface area contributed by atoms with Crippen molar-refractivity contribution < 1.29 is 10.2 Å². The van der Waals surface area contributed by atoms with E-state index >= 15 is 0 Å². The van der Waals surface area contributed by atoms with E-state index in [4.69, 9.17) is 15.9 Å². The Labute approximate surface area is 90.0 Å². The minimum Gasteiger partial charge on any atom is -0.396 e. The van der Waals surface area contributed by atoms with E-state index < -0.39 is 0 Å². The Morgan fingerprint density at radius 1 is 1.29 bits per heavy atom. The van der Waals surface area contributed by atoms with Crippen molar-refractivity contribution in [3.05, 3.63) is 35.4 Å². The van der Waals surface area contributed by atoms with E-state index in [0.717, 1.165) is 11.1 Å². The molecule has 0 radical (unpaired) electrons. The molecule has 0 aliphatic rings. The molecule has 1 atom stereocenters. The lowest BCUT2D eigenvalue weighted by molar-refractivity contribution is 0.275. The molecule has 0 spiro atoms. The minimum atomic E-state index is -0.142. The van der Waals surface area contributed by atoms with Gasteiger partial charge in [-0.25, -0.2) is 0 Å². The Hall–Kier alpha value is -0.610. The Morgan fingerprint density at radius 2 is 2.00 bits per heavy atom. The second-order valence-corrected chi connectivity index (χ2v) is 3.02. The molecule has 0 aliphatic heterocycles. The summed E-state index contributed by atoms with van der Waals surface area (Å²) in [5, 5.41) is 17.6. The Balaban J connectivity index is 0.00000169. The zero-order valence-corrected chi connectivity index (χ0v) is 8.70. The molecule has 0 aromatic heterocycles. The summed E-state index contributed by atoms with van der Waals surface area (Å²) < 4.78 is 0. The third-order valence-corrected chi connectivity index (χ3v) is 2.00. The van der Waals surface area contributed by atoms with Gasteiger partial charge in [-0.2, -0.15) is 0 Å². The second-order valence-electron chi connectivity index (χ2n) is 3.02. The number of hydrogen-bond acceptors (Lipinski definition) is 3. The van der Waals surface area contributed by atoms with Crippen molar-refractivity contribution in [2.45, 2.75) is 19.1 Å². The number of rotatable bonds is 4. The van der Waals surface area contributed by atoms with Crippen molar-refractivity contribution in [1.29, 1.82) is 0 Å². The Kier molecular flexibility index (Phi) is 6.49. The molecule has 80 valence electrons. The molecule has 1 rings (SSSR count). The topological polar surface area (TPSA) is 66.5 Å². The van der Waals surface area contributed by atoms with Crippen LogP contribution in [-0.4, -0.2) is 16.8 Å². The first-order valence-corrected chi connectivity index (χ1v) is 4.34. The van der Waals surface area contributed by atoms with Gasteiger partial charge >= 0.3 is 0 Å². The largest absolute Gasteiger partial charge is 0.396 e. The maximum Gasteiger partial charge on any atom is 0.0681 e. The minimum absolute atomic E-state index is 0. The highest BCUT2D eigenvalue weighted by Crippen LogP contribution is 2.14. The summed E-state index contributed by atoms with van der Waals surface area (Å²) in [4.78, 5) is 0. The van der Waals surface area contributed by atoms with Gasteiger partial charge in [0.05, 0.1) is 6.61 Å². The molecule has 1 aromatic rings. The van der Waals surface area contributed by atoms with Gasteiger partial charge in [-0.05, 0) is 17.5 Å². The van der Waals surface area contributed by atoms with Crippen molar-refractivity contribution in [2.75, 3.05) is 6.61 Å². The van der Waals surface area contributed by atoms with Crippen LogP contribution in [0.2, 0.25) is 0 Å². The van der Waals surface area contributed by atoms with E-state index in [1.807, 2.05) is 24.3 Å². The zero-order chi connectivity index (χ0) is 9.68. The van der Waals surface area contributed by atoms with Crippen LogP contribution in [0.5, 0.6) is 0 Å². The monoisotopic (exact) mass is 217 g/mol. The molecule has 0 saturated carbocycles. The number of halogens is 1. The van der Waals surface area contributed by atoms with Gasteiger partial charge in [0, 0.05) is 12.6 Å². The Bertz CT molecular complexity index is 268. The highest BCUT2D eigenvalue weighted by molar-refractivity contribution is 5.85. The molecule has 4 heteroatoms. The van der Waals surface area contributed by atoms with E-state index in [0.29, 0.717) is 6.42 Å². The summed E-state index contributed by atoms with van der Waals surface area (Å²) in [5.41, 5.74) is 7.60. The van der Waals surface area contributed by atoms with Gasteiger partial charge in [0.15, 0.2) is 0 Å². The fourth-order valence-corrected chi connectivity index (χ4v) is 1.23. The summed E-state index contributed by atoms with van der Waals surface area (Å²) in [6, 6.07) is 7.32. The number of hydrogen-bond donors (Lipinski definition) is 3. The third-order valence-electron chi connectivity index (χ3n) is 2.00. The fraction of sp³-hybridized carbons (Fsp3) is 0.400. The second kappa shape index (κ2) is 6.79. The van der Waals surface area contributed by atoms with Crippen LogP contribution in [0.3, 0.4) is 0 Å². The normalized spacial score (nSPS) is 11.9. The number of aliphatic hydroxyl groups is 2. The van der Waals surface area contributed by atoms with Gasteiger partial charge in [0.2, 0.25) is 0 Å². The predicted molar refractivity (Wildman–Crippen MR) is 58.2 cm³/mol. The van der Waals surface area contributed by atoms with Gasteiger partial charge in [0.1, 0.15) is 0 Å². The highest BCUT2D eigenvalue weighted by Gasteiger charge is 2.04. The fourth-order valence-electron chi connectivity index (χ4n) is 1.23. The summed E-state index contributed by atoms with van der Waals surface area (Å²) >= 11 is 0. The van der Waals surface area contributed by atoms with Crippen LogP contribution in [0, 0.1) is 0 Å². The molecule has 1 aromatic carbocycles. The molecule has 1 unspecified atom stereocenters. The number of aliphatic hydroxyl groups excluding tert-OH is 2. The van der Waals surface area contributed by atoms with Crippen LogP contribution in [-0.2, 0) is 6.61 Å². The average molecular weight is 218 g/mol. The van der Waals surface area contributed by atoms with E-state index in [2.05, 4.69) is 0 Å². The van der Waals surface area contributed by atoms with Crippen LogP contribution in [0.1, 0.15) is 23.6 Å². The van der Waals surface area contributed by atoms with Crippen LogP contribution in [0.15, 0.2) is 24.3 Å². The molecule has 0 saturated heterocycles. The average Bonchev–Trinajstić information content (AvgIpc) is 2.18. The summed E-state index contributed by atoms with van der Waals surface area (Å²) in [6.07, 6.45) is 0.550. The van der Waals surface area contributed by atoms with E-state index in [-0.39, 0.29) is 31.7 Å². The van der Waals surface area contributed by atoms with Crippen LogP contribution < -0.4 is 5.73 Å². The van der Waals surface area contributed by atoms with Gasteiger partial charge in [-0.3, -0.25) is 0 Å². The molecule has 0 aliphatic carbocycles. The summed E-state index contributed by atoms with van der Waals surface area (Å²) in [5.74, 6) is 0. The highest BCUT2D eigenvalue weighted by atomic mass is 35.5. The maximum atomic E-state index is 8.88. The molecular formula is C10H16ClNO2. The van der Waals surface area contributed by atoms with E-state index in [1.165, 1.54) is 0 Å². The standard InChI is InChI=1S/C10H15NO2.ClH/c11-10(4-5-12)9-3-1-2-8(6-9)7-13;/h1-3,6,10,12-13H,4-5,7,11H2;1H. The van der Waals surface area contributed by atoms with Gasteiger partial charge in [0.25, 0.3) is 0 Å². The van der Waals surface area contributed by atoms with Crippen molar-refractivity contribution in [1.82, 2.24) is 0 Å². The quantitative estimate of drug-likeness (QED) is 0.705. The van der Waals surface area contributed by atoms with Crippen LogP contribution >= 0.6 is 12.4 Å². The molecule has 0 bridgehead atoms. The molecule has 0 amide bonds. The van der Waals surface area contributed by atoms with E-state index in [9.17, 15) is 0 Å². The van der Waals surface area contributed by atoms with Crippen molar-refractivity contribution in [2.24, 2.45) is 5.73 Å². The van der Waals surface area contributed by atoms with E-state index in [1.54, 1.807) is 0 Å². The molecule has 14 heavy (non-hydrogen) atoms. The lowest BCUT2D eigenvalue weighted by Crippen LogP contribution is -2.12. The Morgan fingerprint density at radius 3 is 2.57 bits per heavy atom. The molecule has 4 N–H and O–H groups in total. The lowest BCUT2D eigenvalue weighted by Gasteiger charge is -2.10. The molecule has 3 nitrogen and oxygen atoms in total. The number of benzene rings is 1. The van der Waals surface area contributed by atoms with Gasteiger partial charge in [-0.1, -0.05) is 24.3 Å². The van der Waals surface area contributed by atoms with Gasteiger partial charge in [-0.15, -0.1) is 12.4 Å². The molecule has 0 heterocycles. The van der Waals surface area contributed by atoms with Crippen molar-refractivity contribution in [3.63, 3.8) is 0 Å². The van der Waals surface area contributed by atoms with Crippen molar-refractivity contribution in [3.8, 4) is 0 Å². The predicted octanol–water partition coefficient (Wildman–Crippen LogP) is 0.983. The lowest BCUT2D eigenvalue weighted by atomic mass is 10.0. The molecule has 0 fully saturated rings. The maximum absolute atomic E-state index is 8.88. The SMILES string of the molecule is Cl.NC(CCO)c1cccc(CO)c1. The smallest absolute Gasteiger partial charge is 0.0681 e. The number of nitrogens with two attached hydrogens (primary N) is 1. The van der Waals surface area contributed by atoms with Crippen LogP contribution in [0.4, 0.5) is 0 Å². The molecular weight excluding hydrogens is 202 g/mol. The summed E-state index contributed by atoms with van der Waals surface area (Å²) in [7, 11) is 0. The first kappa shape index (κ1) is 13.4. The third kappa shape index (κ3) is 3.64. The zero-order valence-electron chi connectivity index (χ0n) is 7.89. The van der Waals surface area contributed by atoms with Crippen LogP contribution in [0.25, 0.3) is 0 Å². The first-order valence-electron chi connectivity index (χ1n) is 4.34. The summed E-state index contributed by atoms with van der Waals surface area (Å²) in [6.45, 7) is 0.115. The van der Waals surface area contributed by atoms with Crippen molar-refractivity contribution >= 4 is 12.4 Å². The van der Waals surface area contributed by atoms with Gasteiger partial charge < -0.3 is 15.9 Å².